The molecule has 0 atom stereocenters. The van der Waals surface area contributed by atoms with Crippen LogP contribution in [0.3, 0.4) is 0 Å². The van der Waals surface area contributed by atoms with Crippen LogP contribution in [0.25, 0.3) is 0 Å². The first kappa shape index (κ1) is 11.9. The van der Waals surface area contributed by atoms with E-state index in [4.69, 9.17) is 29.1 Å². The molecule has 3 N–H and O–H groups in total. The van der Waals surface area contributed by atoms with Crippen LogP contribution in [0.5, 0.6) is 0 Å². The van der Waals surface area contributed by atoms with E-state index in [0.29, 0.717) is 5.02 Å². The Bertz CT molecular complexity index is 336. The Labute approximate surface area is 98.8 Å². The first-order valence-electron chi connectivity index (χ1n) is 4.41. The van der Waals surface area contributed by atoms with Crippen molar-refractivity contribution in [1.29, 1.82) is 0 Å². The maximum Gasteiger partial charge on any atom is 0.225 e. The first-order chi connectivity index (χ1) is 7.17. The third-order valence-electron chi connectivity index (χ3n) is 1.80. The number of nitrogens with one attached hydrogen (secondary N) is 1. The Morgan fingerprint density at radius 3 is 2.53 bits per heavy atom. The van der Waals surface area contributed by atoms with Gasteiger partial charge in [0.2, 0.25) is 5.96 Å². The van der Waals surface area contributed by atoms with E-state index in [1.807, 2.05) is 19.1 Å². The van der Waals surface area contributed by atoms with Gasteiger partial charge >= 0.3 is 0 Å². The first-order valence-corrected chi connectivity index (χ1v) is 5.13. The van der Waals surface area contributed by atoms with Crippen LogP contribution < -0.4 is 16.2 Å². The molecule has 0 aliphatic heterocycles. The summed E-state index contributed by atoms with van der Waals surface area (Å²) in [6.45, 7) is 2.69. The molecule has 0 aliphatic rings. The molecular weight excluding hydrogens is 235 g/mol. The van der Waals surface area contributed by atoms with E-state index in [2.05, 4.69) is 9.94 Å². The maximum atomic E-state index is 5.78. The number of anilines is 1. The highest BCUT2D eigenvalue weighted by molar-refractivity contribution is 6.30. The molecule has 1 rings (SSSR count). The molecule has 15 heavy (non-hydrogen) atoms. The van der Waals surface area contributed by atoms with Crippen LogP contribution >= 0.6 is 23.4 Å². The predicted octanol–water partition coefficient (Wildman–Crippen LogP) is 2.14. The number of hydrogen-bond acceptors (Lipinski definition) is 2. The van der Waals surface area contributed by atoms with Crippen molar-refractivity contribution in [1.82, 2.24) is 5.43 Å². The summed E-state index contributed by atoms with van der Waals surface area (Å²) in [6, 6.07) is 7.35. The summed E-state index contributed by atoms with van der Waals surface area (Å²) in [5, 5.41) is 2.49. The lowest BCUT2D eigenvalue weighted by Gasteiger charge is -2.23. The van der Waals surface area contributed by atoms with Crippen LogP contribution in [0.4, 0.5) is 5.69 Å². The molecule has 0 saturated heterocycles. The third kappa shape index (κ3) is 3.49. The number of nitrogens with zero attached hydrogens (tertiary/aromatic N) is 2. The Balaban J connectivity index is 2.78. The Kier molecular flexibility index (Phi) is 4.52. The molecule has 4 nitrogen and oxygen atoms in total. The fourth-order valence-corrected chi connectivity index (χ4v) is 1.27. The van der Waals surface area contributed by atoms with Gasteiger partial charge in [0.25, 0.3) is 0 Å². The molecule has 0 fully saturated rings. The molecule has 0 radical (unpaired) electrons. The summed E-state index contributed by atoms with van der Waals surface area (Å²) in [7, 11) is 0. The average Bonchev–Trinajstić information content (AvgIpc) is 2.27. The highest BCUT2D eigenvalue weighted by atomic mass is 35.5. The fourth-order valence-electron chi connectivity index (χ4n) is 1.10. The molecule has 0 bridgehead atoms. The molecule has 1 aromatic rings. The van der Waals surface area contributed by atoms with E-state index in [1.165, 1.54) is 0 Å². The normalized spacial score (nSPS) is 11.3. The Morgan fingerprint density at radius 1 is 1.47 bits per heavy atom. The van der Waals surface area contributed by atoms with E-state index in [0.717, 1.165) is 12.2 Å². The summed E-state index contributed by atoms with van der Waals surface area (Å²) >= 11 is 11.0. The second kappa shape index (κ2) is 5.68. The fraction of sp³-hybridized carbons (Fsp3) is 0.222. The van der Waals surface area contributed by atoms with E-state index in [1.54, 1.807) is 17.1 Å². The number of benzene rings is 1. The number of guanidine groups is 1. The summed E-state index contributed by atoms with van der Waals surface area (Å²) in [5.41, 5.74) is 9.23. The van der Waals surface area contributed by atoms with Gasteiger partial charge in [-0.3, -0.25) is 10.4 Å². The minimum atomic E-state index is 0.147. The molecule has 0 amide bonds. The molecule has 0 aromatic heterocycles. The molecule has 0 spiro atoms. The van der Waals surface area contributed by atoms with Crippen molar-refractivity contribution in [2.75, 3.05) is 11.6 Å². The van der Waals surface area contributed by atoms with Gasteiger partial charge in [-0.1, -0.05) is 11.6 Å². The second-order valence-electron chi connectivity index (χ2n) is 2.80. The molecule has 0 unspecified atom stereocenters. The summed E-state index contributed by atoms with van der Waals surface area (Å²) in [5.74, 6) is 0.147. The molecule has 0 heterocycles. The average molecular weight is 247 g/mol. The van der Waals surface area contributed by atoms with E-state index >= 15 is 0 Å². The molecule has 0 saturated carbocycles. The minimum Gasteiger partial charge on any atom is -0.367 e. The van der Waals surface area contributed by atoms with Crippen molar-refractivity contribution >= 4 is 35.0 Å². The summed E-state index contributed by atoms with van der Waals surface area (Å²) < 4.78 is 3.31. The van der Waals surface area contributed by atoms with Gasteiger partial charge in [-0.05, 0) is 31.2 Å². The monoisotopic (exact) mass is 246 g/mol. The van der Waals surface area contributed by atoms with Gasteiger partial charge in [-0.25, -0.2) is 0 Å². The zero-order chi connectivity index (χ0) is 11.3. The Hall–Kier alpha value is -1.13. The van der Waals surface area contributed by atoms with Crippen LogP contribution in [-0.2, 0) is 0 Å². The maximum absolute atomic E-state index is 5.78. The van der Waals surface area contributed by atoms with Crippen molar-refractivity contribution in [2.45, 2.75) is 6.92 Å². The highest BCUT2D eigenvalue weighted by Crippen LogP contribution is 2.16. The molecule has 0 aliphatic carbocycles. The zero-order valence-electron chi connectivity index (χ0n) is 8.24. The lowest BCUT2D eigenvalue weighted by atomic mass is 10.3. The van der Waals surface area contributed by atoms with Crippen molar-refractivity contribution in [3.63, 3.8) is 0 Å². The van der Waals surface area contributed by atoms with Gasteiger partial charge in [0, 0.05) is 23.3 Å². The smallest absolute Gasteiger partial charge is 0.225 e. The summed E-state index contributed by atoms with van der Waals surface area (Å²) in [6.07, 6.45) is 0. The lowest BCUT2D eigenvalue weighted by Crippen LogP contribution is -2.45. The number of hydrogen-bond donors (Lipinski definition) is 2. The summed E-state index contributed by atoms with van der Waals surface area (Å²) in [4.78, 5) is 0. The van der Waals surface area contributed by atoms with Gasteiger partial charge in [-0.15, -0.1) is 4.51 Å². The number of nitrogens with two attached hydrogens (primary N) is 1. The number of hydrazine groups is 1. The second-order valence-corrected chi connectivity index (χ2v) is 3.41. The standard InChI is InChI=1S/C9H12Cl2N4/c1-2-15(14-9(12)13-11)8-5-3-7(10)4-6-8/h3-6H,2H2,1H3,(H3,12,13,14). The minimum absolute atomic E-state index is 0.147. The molecule has 82 valence electrons. The van der Waals surface area contributed by atoms with Crippen molar-refractivity contribution in [2.24, 2.45) is 10.2 Å². The lowest BCUT2D eigenvalue weighted by molar-refractivity contribution is 0.790. The number of halogens is 2. The Morgan fingerprint density at radius 2 is 2.07 bits per heavy atom. The SMILES string of the molecule is CCN(NC(N)=NCl)c1ccc(Cl)cc1. The topological polar surface area (TPSA) is 53.6 Å². The zero-order valence-corrected chi connectivity index (χ0v) is 9.76. The molecule has 1 aromatic carbocycles. The largest absolute Gasteiger partial charge is 0.367 e. The van der Waals surface area contributed by atoms with Gasteiger partial charge in [0.1, 0.15) is 0 Å². The van der Waals surface area contributed by atoms with Crippen molar-refractivity contribution in [3.8, 4) is 0 Å². The predicted molar refractivity (Wildman–Crippen MR) is 65.1 cm³/mol. The third-order valence-corrected chi connectivity index (χ3v) is 2.23. The van der Waals surface area contributed by atoms with Crippen LogP contribution in [0.2, 0.25) is 5.02 Å². The van der Waals surface area contributed by atoms with Crippen LogP contribution in [0, 0.1) is 0 Å². The van der Waals surface area contributed by atoms with Gasteiger partial charge in [0.15, 0.2) is 0 Å². The van der Waals surface area contributed by atoms with Crippen LogP contribution in [0.15, 0.2) is 28.8 Å². The van der Waals surface area contributed by atoms with E-state index in [9.17, 15) is 0 Å². The quantitative estimate of drug-likeness (QED) is 0.488. The van der Waals surface area contributed by atoms with Crippen molar-refractivity contribution in [3.05, 3.63) is 29.3 Å². The van der Waals surface area contributed by atoms with Gasteiger partial charge in [-0.2, -0.15) is 0 Å². The van der Waals surface area contributed by atoms with Crippen molar-refractivity contribution < 1.29 is 0 Å². The molecule has 6 heteroatoms. The van der Waals surface area contributed by atoms with Gasteiger partial charge in [0.05, 0.1) is 5.69 Å². The van der Waals surface area contributed by atoms with Gasteiger partial charge < -0.3 is 5.73 Å². The number of rotatable bonds is 3. The van der Waals surface area contributed by atoms with Crippen LogP contribution in [-0.4, -0.2) is 12.5 Å². The van der Waals surface area contributed by atoms with Crippen LogP contribution in [0.1, 0.15) is 6.92 Å². The van der Waals surface area contributed by atoms with E-state index < -0.39 is 0 Å². The van der Waals surface area contributed by atoms with E-state index in [-0.39, 0.29) is 5.96 Å². The highest BCUT2D eigenvalue weighted by Gasteiger charge is 2.04. The molecular formula is C9H12Cl2N4.